The molecule has 34 heavy (non-hydrogen) atoms. The van der Waals surface area contributed by atoms with Crippen LogP contribution >= 0.6 is 0 Å². The second-order valence-electron chi connectivity index (χ2n) is 8.93. The fourth-order valence-corrected chi connectivity index (χ4v) is 4.92. The third-order valence-electron chi connectivity index (χ3n) is 6.77. The highest BCUT2D eigenvalue weighted by molar-refractivity contribution is 5.86. The molecule has 6 heteroatoms. The molecule has 6 rings (SSSR count). The van der Waals surface area contributed by atoms with Gasteiger partial charge in [-0.15, -0.1) is 0 Å². The molecule has 1 aliphatic rings. The van der Waals surface area contributed by atoms with Gasteiger partial charge >= 0.3 is 0 Å². The molecule has 0 saturated carbocycles. The maximum atomic E-state index is 6.27. The van der Waals surface area contributed by atoms with Crippen molar-refractivity contribution in [2.24, 2.45) is 5.73 Å². The van der Waals surface area contributed by atoms with E-state index in [4.69, 9.17) is 15.5 Å². The van der Waals surface area contributed by atoms with Crippen LogP contribution in [-0.2, 0) is 0 Å². The van der Waals surface area contributed by atoms with Crippen molar-refractivity contribution in [2.45, 2.75) is 24.9 Å². The lowest BCUT2D eigenvalue weighted by Gasteiger charge is -2.29. The van der Waals surface area contributed by atoms with E-state index >= 15 is 0 Å². The zero-order chi connectivity index (χ0) is 23.1. The number of para-hydroxylation sites is 1. The summed E-state index contributed by atoms with van der Waals surface area (Å²) in [4.78, 5) is 9.78. The molecule has 170 valence electrons. The lowest BCUT2D eigenvalue weighted by molar-refractivity contribution is 0.371. The van der Waals surface area contributed by atoms with Crippen LogP contribution in [0.2, 0.25) is 0 Å². The van der Waals surface area contributed by atoms with Gasteiger partial charge in [-0.05, 0) is 72.5 Å². The highest BCUT2D eigenvalue weighted by Gasteiger charge is 2.22. The zero-order valence-corrected chi connectivity index (χ0v) is 19.1. The number of nitrogens with two attached hydrogens (primary N) is 1. The minimum Gasteiger partial charge on any atom is -0.497 e. The lowest BCUT2D eigenvalue weighted by atomic mass is 9.93. The summed E-state index contributed by atoms with van der Waals surface area (Å²) in [6.45, 7) is 0.935. The van der Waals surface area contributed by atoms with Gasteiger partial charge in [0.2, 0.25) is 0 Å². The van der Waals surface area contributed by atoms with Crippen molar-refractivity contribution in [3.63, 3.8) is 0 Å². The molecule has 0 spiro atoms. The highest BCUT2D eigenvalue weighted by Crippen LogP contribution is 2.30. The Morgan fingerprint density at radius 1 is 1.00 bits per heavy atom. The molecular formula is C28H27N5O. The van der Waals surface area contributed by atoms with E-state index in [-0.39, 0.29) is 12.1 Å². The molecule has 3 aromatic carbocycles. The molecule has 6 nitrogen and oxygen atoms in total. The van der Waals surface area contributed by atoms with Crippen molar-refractivity contribution < 1.29 is 4.74 Å². The Morgan fingerprint density at radius 2 is 1.85 bits per heavy atom. The quantitative estimate of drug-likeness (QED) is 0.404. The number of pyridine rings is 1. The maximum Gasteiger partial charge on any atom is 0.139 e. The predicted molar refractivity (Wildman–Crippen MR) is 136 cm³/mol. The lowest BCUT2D eigenvalue weighted by Crippen LogP contribution is -2.38. The zero-order valence-electron chi connectivity index (χ0n) is 19.1. The fraction of sp³-hybridized carbons (Fsp3) is 0.214. The summed E-state index contributed by atoms with van der Waals surface area (Å²) < 4.78 is 7.34. The fourth-order valence-electron chi connectivity index (χ4n) is 4.92. The molecule has 1 saturated heterocycles. The van der Waals surface area contributed by atoms with E-state index in [1.165, 1.54) is 5.56 Å². The molecule has 2 aromatic heterocycles. The number of benzene rings is 3. The molecular weight excluding hydrogens is 422 g/mol. The van der Waals surface area contributed by atoms with Gasteiger partial charge in [-0.2, -0.15) is 0 Å². The SMILES string of the molecule is COc1ccc(-c2ccc3c(c2)ncn3-c2ccc3cccc(C4CC(N)CCN4)c3n2)cc1. The minimum atomic E-state index is 0.224. The molecule has 1 fully saturated rings. The van der Waals surface area contributed by atoms with Crippen LogP contribution in [0.1, 0.15) is 24.4 Å². The Labute approximate surface area is 198 Å². The number of nitrogens with one attached hydrogen (secondary N) is 1. The molecule has 0 amide bonds. The van der Waals surface area contributed by atoms with Crippen molar-refractivity contribution in [3.05, 3.63) is 84.7 Å². The van der Waals surface area contributed by atoms with Crippen LogP contribution < -0.4 is 15.8 Å². The van der Waals surface area contributed by atoms with Crippen LogP contribution in [0.4, 0.5) is 0 Å². The predicted octanol–water partition coefficient (Wildman–Crippen LogP) is 5.00. The summed E-state index contributed by atoms with van der Waals surface area (Å²) in [7, 11) is 1.68. The monoisotopic (exact) mass is 449 g/mol. The van der Waals surface area contributed by atoms with Gasteiger partial charge in [0.05, 0.1) is 23.7 Å². The number of ether oxygens (including phenoxy) is 1. The van der Waals surface area contributed by atoms with Crippen molar-refractivity contribution in [3.8, 4) is 22.7 Å². The largest absolute Gasteiger partial charge is 0.497 e. The van der Waals surface area contributed by atoms with E-state index in [0.29, 0.717) is 0 Å². The van der Waals surface area contributed by atoms with Crippen LogP contribution in [0, 0.1) is 0 Å². The summed E-state index contributed by atoms with van der Waals surface area (Å²) in [5.41, 5.74) is 12.7. The Morgan fingerprint density at radius 3 is 2.68 bits per heavy atom. The number of hydrogen-bond donors (Lipinski definition) is 2. The summed E-state index contributed by atoms with van der Waals surface area (Å²) in [6, 6.07) is 25.5. The average molecular weight is 450 g/mol. The first-order chi connectivity index (χ1) is 16.7. The number of aromatic nitrogens is 3. The second kappa shape index (κ2) is 8.56. The summed E-state index contributed by atoms with van der Waals surface area (Å²) in [5.74, 6) is 1.71. The van der Waals surface area contributed by atoms with Crippen molar-refractivity contribution >= 4 is 21.9 Å². The number of rotatable bonds is 4. The molecule has 1 aliphatic heterocycles. The Bertz CT molecular complexity index is 1470. The Balaban J connectivity index is 1.39. The minimum absolute atomic E-state index is 0.224. The summed E-state index contributed by atoms with van der Waals surface area (Å²) in [5, 5.41) is 4.76. The first-order valence-electron chi connectivity index (χ1n) is 11.7. The van der Waals surface area contributed by atoms with Gasteiger partial charge in [-0.1, -0.05) is 36.4 Å². The van der Waals surface area contributed by atoms with Gasteiger partial charge < -0.3 is 15.8 Å². The van der Waals surface area contributed by atoms with E-state index in [2.05, 4.69) is 75.5 Å². The van der Waals surface area contributed by atoms with Gasteiger partial charge in [0.25, 0.3) is 0 Å². The number of imidazole rings is 1. The Kier molecular flexibility index (Phi) is 5.24. The van der Waals surface area contributed by atoms with Crippen LogP contribution in [0.3, 0.4) is 0 Å². The number of methoxy groups -OCH3 is 1. The summed E-state index contributed by atoms with van der Waals surface area (Å²) in [6.07, 6.45) is 3.79. The Hall–Kier alpha value is -3.74. The smallest absolute Gasteiger partial charge is 0.139 e. The van der Waals surface area contributed by atoms with E-state index in [0.717, 1.165) is 64.0 Å². The van der Waals surface area contributed by atoms with Crippen molar-refractivity contribution in [1.82, 2.24) is 19.9 Å². The molecule has 5 aromatic rings. The second-order valence-corrected chi connectivity index (χ2v) is 8.93. The molecule has 0 radical (unpaired) electrons. The van der Waals surface area contributed by atoms with E-state index < -0.39 is 0 Å². The number of fused-ring (bicyclic) bond motifs is 2. The van der Waals surface area contributed by atoms with Crippen molar-refractivity contribution in [1.29, 1.82) is 0 Å². The van der Waals surface area contributed by atoms with Gasteiger partial charge in [0, 0.05) is 17.5 Å². The topological polar surface area (TPSA) is 78.0 Å². The molecule has 2 atom stereocenters. The first kappa shape index (κ1) is 20.8. The molecule has 0 bridgehead atoms. The van der Waals surface area contributed by atoms with Crippen molar-refractivity contribution in [2.75, 3.05) is 13.7 Å². The van der Waals surface area contributed by atoms with Crippen LogP contribution in [0.25, 0.3) is 38.9 Å². The van der Waals surface area contributed by atoms with Crippen LogP contribution in [-0.4, -0.2) is 34.2 Å². The number of piperidine rings is 1. The van der Waals surface area contributed by atoms with Gasteiger partial charge in [-0.25, -0.2) is 9.97 Å². The van der Waals surface area contributed by atoms with E-state index in [1.807, 2.05) is 18.5 Å². The number of hydrogen-bond acceptors (Lipinski definition) is 5. The summed E-state index contributed by atoms with van der Waals surface area (Å²) >= 11 is 0. The average Bonchev–Trinajstić information content (AvgIpc) is 3.31. The van der Waals surface area contributed by atoms with Gasteiger partial charge in [0.15, 0.2) is 0 Å². The van der Waals surface area contributed by atoms with E-state index in [1.54, 1.807) is 7.11 Å². The van der Waals surface area contributed by atoms with Crippen LogP contribution in [0.15, 0.2) is 79.1 Å². The molecule has 2 unspecified atom stereocenters. The molecule has 0 aliphatic carbocycles. The maximum absolute atomic E-state index is 6.27. The van der Waals surface area contributed by atoms with Gasteiger partial charge in [-0.3, -0.25) is 4.57 Å². The third-order valence-corrected chi connectivity index (χ3v) is 6.77. The number of nitrogens with zero attached hydrogens (tertiary/aromatic N) is 3. The third kappa shape index (κ3) is 3.71. The van der Waals surface area contributed by atoms with E-state index in [9.17, 15) is 0 Å². The first-order valence-corrected chi connectivity index (χ1v) is 11.7. The normalized spacial score (nSPS) is 18.4. The van der Waals surface area contributed by atoms with Crippen LogP contribution in [0.5, 0.6) is 5.75 Å². The standard InChI is InChI=1S/C28H27N5O/c1-34-22-9-5-18(6-10-22)20-7-11-26-25(15-20)31-17-33(26)27-12-8-19-3-2-4-23(28(19)32-27)24-16-21(29)13-14-30-24/h2-12,15,17,21,24,30H,13-14,16,29H2,1H3. The molecule has 3 heterocycles. The molecule has 3 N–H and O–H groups in total. The highest BCUT2D eigenvalue weighted by atomic mass is 16.5. The van der Waals surface area contributed by atoms with Gasteiger partial charge in [0.1, 0.15) is 17.9 Å².